The minimum Gasteiger partial charge on any atom is -0.373 e. The van der Waals surface area contributed by atoms with E-state index in [4.69, 9.17) is 4.74 Å². The Morgan fingerprint density at radius 1 is 1.50 bits per heavy atom. The summed E-state index contributed by atoms with van der Waals surface area (Å²) in [6.45, 7) is 4.44. The molecule has 1 N–H and O–H groups in total. The van der Waals surface area contributed by atoms with Gasteiger partial charge in [0.1, 0.15) is 5.82 Å². The van der Waals surface area contributed by atoms with Crippen LogP contribution in [0.5, 0.6) is 0 Å². The summed E-state index contributed by atoms with van der Waals surface area (Å²) in [5.74, 6) is -0.703. The third-order valence-corrected chi connectivity index (χ3v) is 3.58. The number of nitrogens with one attached hydrogen (secondary N) is 1. The van der Waals surface area contributed by atoms with Gasteiger partial charge in [-0.25, -0.2) is 9.07 Å². The molecule has 0 aliphatic carbocycles. The Balaban J connectivity index is 1.79. The van der Waals surface area contributed by atoms with Crippen LogP contribution in [0.15, 0.2) is 30.5 Å². The van der Waals surface area contributed by atoms with E-state index < -0.39 is 5.82 Å². The van der Waals surface area contributed by atoms with Crippen molar-refractivity contribution in [3.8, 4) is 5.69 Å². The van der Waals surface area contributed by atoms with Crippen LogP contribution in [0, 0.1) is 5.82 Å². The quantitative estimate of drug-likeness (QED) is 0.937. The second-order valence-corrected chi connectivity index (χ2v) is 5.96. The summed E-state index contributed by atoms with van der Waals surface area (Å²) in [5, 5.41) is 10.5. The molecule has 1 fully saturated rings. The lowest BCUT2D eigenvalue weighted by Crippen LogP contribution is -2.36. The topological polar surface area (TPSA) is 69.0 Å². The number of benzene rings is 1. The summed E-state index contributed by atoms with van der Waals surface area (Å²) in [6.07, 6.45) is 2.10. The van der Waals surface area contributed by atoms with Gasteiger partial charge in [-0.15, -0.1) is 5.10 Å². The second kappa shape index (κ2) is 5.49. The molecule has 3 rings (SSSR count). The number of rotatable bonds is 3. The molecule has 2 heterocycles. The summed E-state index contributed by atoms with van der Waals surface area (Å²) < 4.78 is 20.2. The molecular formula is C15H17FN4O2. The van der Waals surface area contributed by atoms with E-state index in [-0.39, 0.29) is 23.2 Å². The normalized spacial score (nSPS) is 20.0. The van der Waals surface area contributed by atoms with Crippen molar-refractivity contribution >= 4 is 5.91 Å². The van der Waals surface area contributed by atoms with Crippen molar-refractivity contribution < 1.29 is 13.9 Å². The number of halogens is 1. The molecule has 0 unspecified atom stereocenters. The zero-order chi connectivity index (χ0) is 15.7. The number of nitrogens with zero attached hydrogens (tertiary/aromatic N) is 3. The lowest BCUT2D eigenvalue weighted by atomic mass is 10.0. The highest BCUT2D eigenvalue weighted by molar-refractivity contribution is 5.93. The molecule has 1 aromatic carbocycles. The van der Waals surface area contributed by atoms with Gasteiger partial charge in [0, 0.05) is 0 Å². The van der Waals surface area contributed by atoms with Crippen LogP contribution in [0.1, 0.15) is 30.8 Å². The van der Waals surface area contributed by atoms with Crippen molar-refractivity contribution in [1.82, 2.24) is 20.3 Å². The molecule has 0 bridgehead atoms. The van der Waals surface area contributed by atoms with Gasteiger partial charge in [-0.2, -0.15) is 0 Å². The van der Waals surface area contributed by atoms with Gasteiger partial charge in [-0.3, -0.25) is 4.79 Å². The number of hydrogen-bond acceptors (Lipinski definition) is 4. The van der Waals surface area contributed by atoms with Gasteiger partial charge in [0.2, 0.25) is 0 Å². The van der Waals surface area contributed by atoms with E-state index in [2.05, 4.69) is 15.6 Å². The SMILES string of the molecule is CC1(C)C[C@H](NC(=O)c2cnnn2-c2cccc(F)c2)CO1. The third-order valence-electron chi connectivity index (χ3n) is 3.58. The van der Waals surface area contributed by atoms with Gasteiger partial charge < -0.3 is 10.1 Å². The maximum Gasteiger partial charge on any atom is 0.272 e. The van der Waals surface area contributed by atoms with Gasteiger partial charge in [0.15, 0.2) is 5.69 Å². The molecule has 1 saturated heterocycles. The molecule has 22 heavy (non-hydrogen) atoms. The third kappa shape index (κ3) is 2.99. The van der Waals surface area contributed by atoms with Crippen molar-refractivity contribution in [2.24, 2.45) is 0 Å². The maximum atomic E-state index is 13.3. The van der Waals surface area contributed by atoms with E-state index in [0.29, 0.717) is 12.3 Å². The summed E-state index contributed by atoms with van der Waals surface area (Å²) in [6, 6.07) is 5.79. The standard InChI is InChI=1S/C15H17FN4O2/c1-15(2)7-11(9-22-15)18-14(21)13-8-17-19-20(13)12-5-3-4-10(16)6-12/h3-6,8,11H,7,9H2,1-2H3,(H,18,21)/t11-/m0/s1. The first-order chi connectivity index (χ1) is 10.4. The number of amides is 1. The summed E-state index contributed by atoms with van der Waals surface area (Å²) in [7, 11) is 0. The monoisotopic (exact) mass is 304 g/mol. The molecule has 1 atom stereocenters. The van der Waals surface area contributed by atoms with Gasteiger partial charge >= 0.3 is 0 Å². The predicted molar refractivity (Wildman–Crippen MR) is 77.2 cm³/mol. The number of carbonyl (C=O) groups is 1. The largest absolute Gasteiger partial charge is 0.373 e. The Labute approximate surface area is 127 Å². The maximum absolute atomic E-state index is 13.3. The Hall–Kier alpha value is -2.28. The van der Waals surface area contributed by atoms with Crippen molar-refractivity contribution in [3.05, 3.63) is 42.0 Å². The number of hydrogen-bond donors (Lipinski definition) is 1. The Bertz CT molecular complexity index is 698. The van der Waals surface area contributed by atoms with E-state index in [9.17, 15) is 9.18 Å². The van der Waals surface area contributed by atoms with Crippen LogP contribution in [-0.2, 0) is 4.74 Å². The summed E-state index contributed by atoms with van der Waals surface area (Å²) >= 11 is 0. The van der Waals surface area contributed by atoms with Crippen LogP contribution in [-0.4, -0.2) is 39.2 Å². The van der Waals surface area contributed by atoms with Crippen LogP contribution in [0.25, 0.3) is 5.69 Å². The molecule has 0 spiro atoms. The number of carbonyl (C=O) groups excluding carboxylic acids is 1. The second-order valence-electron chi connectivity index (χ2n) is 5.96. The predicted octanol–water partition coefficient (Wildman–Crippen LogP) is 1.70. The average Bonchev–Trinajstić information content (AvgIpc) is 3.05. The Morgan fingerprint density at radius 3 is 3.00 bits per heavy atom. The minimum absolute atomic E-state index is 0.0571. The Kier molecular flexibility index (Phi) is 3.66. The molecule has 1 amide bonds. The van der Waals surface area contributed by atoms with Crippen LogP contribution in [0.4, 0.5) is 4.39 Å². The molecule has 1 aromatic heterocycles. The van der Waals surface area contributed by atoms with Crippen LogP contribution >= 0.6 is 0 Å². The fourth-order valence-electron chi connectivity index (χ4n) is 2.58. The number of aromatic nitrogens is 3. The van der Waals surface area contributed by atoms with Crippen LogP contribution < -0.4 is 5.32 Å². The number of ether oxygens (including phenoxy) is 1. The smallest absolute Gasteiger partial charge is 0.272 e. The zero-order valence-electron chi connectivity index (χ0n) is 12.4. The van der Waals surface area contributed by atoms with Crippen molar-refractivity contribution in [2.45, 2.75) is 31.9 Å². The van der Waals surface area contributed by atoms with Crippen molar-refractivity contribution in [1.29, 1.82) is 0 Å². The molecule has 7 heteroatoms. The van der Waals surface area contributed by atoms with Crippen LogP contribution in [0.3, 0.4) is 0 Å². The summed E-state index contributed by atoms with van der Waals surface area (Å²) in [5.41, 5.74) is 0.472. The summed E-state index contributed by atoms with van der Waals surface area (Å²) in [4.78, 5) is 12.4. The van der Waals surface area contributed by atoms with E-state index in [1.54, 1.807) is 12.1 Å². The molecule has 1 aliphatic heterocycles. The highest BCUT2D eigenvalue weighted by Crippen LogP contribution is 2.24. The van der Waals surface area contributed by atoms with E-state index >= 15 is 0 Å². The van der Waals surface area contributed by atoms with Crippen molar-refractivity contribution in [3.63, 3.8) is 0 Å². The first-order valence-electron chi connectivity index (χ1n) is 7.06. The molecule has 116 valence electrons. The first-order valence-corrected chi connectivity index (χ1v) is 7.06. The molecule has 1 aliphatic rings. The van der Waals surface area contributed by atoms with E-state index in [1.165, 1.54) is 23.0 Å². The highest BCUT2D eigenvalue weighted by Gasteiger charge is 2.33. The molecule has 6 nitrogen and oxygen atoms in total. The molecule has 2 aromatic rings. The first kappa shape index (κ1) is 14.6. The van der Waals surface area contributed by atoms with E-state index in [1.807, 2.05) is 13.8 Å². The van der Waals surface area contributed by atoms with Gasteiger partial charge in [0.05, 0.1) is 30.1 Å². The van der Waals surface area contributed by atoms with Gasteiger partial charge in [-0.05, 0) is 38.5 Å². The highest BCUT2D eigenvalue weighted by atomic mass is 19.1. The van der Waals surface area contributed by atoms with Crippen LogP contribution in [0.2, 0.25) is 0 Å². The van der Waals surface area contributed by atoms with E-state index in [0.717, 1.165) is 6.42 Å². The van der Waals surface area contributed by atoms with Crippen molar-refractivity contribution in [2.75, 3.05) is 6.61 Å². The average molecular weight is 304 g/mol. The van der Waals surface area contributed by atoms with Gasteiger partial charge in [0.25, 0.3) is 5.91 Å². The fourth-order valence-corrected chi connectivity index (χ4v) is 2.58. The zero-order valence-corrected chi connectivity index (χ0v) is 12.4. The molecule has 0 saturated carbocycles. The lowest BCUT2D eigenvalue weighted by molar-refractivity contribution is 0.0355. The van der Waals surface area contributed by atoms with Gasteiger partial charge in [-0.1, -0.05) is 11.3 Å². The molecular weight excluding hydrogens is 287 g/mol. The Morgan fingerprint density at radius 2 is 2.32 bits per heavy atom. The lowest BCUT2D eigenvalue weighted by Gasteiger charge is -2.16. The minimum atomic E-state index is -0.398. The fraction of sp³-hybridized carbons (Fsp3) is 0.400. The molecule has 0 radical (unpaired) electrons.